The molecule has 0 saturated carbocycles. The van der Waals surface area contributed by atoms with Gasteiger partial charge in [-0.3, -0.25) is 9.59 Å². The second-order valence-electron chi connectivity index (χ2n) is 8.64. The first-order valence-electron chi connectivity index (χ1n) is 11.0. The third kappa shape index (κ3) is 6.39. The van der Waals surface area contributed by atoms with Gasteiger partial charge in [0.05, 0.1) is 12.2 Å². The van der Waals surface area contributed by atoms with Crippen LogP contribution >= 0.6 is 0 Å². The summed E-state index contributed by atoms with van der Waals surface area (Å²) in [7, 11) is -3.26. The summed E-state index contributed by atoms with van der Waals surface area (Å²) in [4.78, 5) is 27.2. The molecule has 2 unspecified atom stereocenters. The molecule has 2 fully saturated rings. The molecule has 3 N–H and O–H groups in total. The van der Waals surface area contributed by atoms with Crippen molar-refractivity contribution in [1.82, 2.24) is 19.3 Å². The van der Waals surface area contributed by atoms with Crippen molar-refractivity contribution in [2.75, 3.05) is 25.9 Å². The van der Waals surface area contributed by atoms with E-state index in [-0.39, 0.29) is 55.7 Å². The van der Waals surface area contributed by atoms with Crippen LogP contribution in [0.15, 0.2) is 16.7 Å². The molecule has 0 radical (unpaired) electrons. The SMILES string of the molecule is CS(=O)(=O)N1CC(c2noc(C3CCCN3C(=O)CC(N)Cc3cc(F)c(F)cc3F)n2)C1.O=CO. The van der Waals surface area contributed by atoms with E-state index in [1.165, 1.54) is 4.31 Å². The molecule has 11 nitrogen and oxygen atoms in total. The quantitative estimate of drug-likeness (QED) is 0.393. The molecule has 2 aliphatic heterocycles. The first kappa shape index (κ1) is 27.5. The number of halogens is 3. The Morgan fingerprint density at radius 3 is 2.56 bits per heavy atom. The van der Waals surface area contributed by atoms with Gasteiger partial charge in [-0.2, -0.15) is 4.98 Å². The molecule has 2 saturated heterocycles. The molecule has 0 aliphatic carbocycles. The van der Waals surface area contributed by atoms with Gasteiger partial charge in [-0.25, -0.2) is 25.9 Å². The number of aromatic nitrogens is 2. The highest BCUT2D eigenvalue weighted by Crippen LogP contribution is 2.34. The van der Waals surface area contributed by atoms with Gasteiger partial charge in [0.2, 0.25) is 21.8 Å². The molecular formula is C21H26F3N5O6S. The van der Waals surface area contributed by atoms with Crippen molar-refractivity contribution < 1.29 is 40.8 Å². The van der Waals surface area contributed by atoms with Crippen LogP contribution in [0.25, 0.3) is 0 Å². The van der Waals surface area contributed by atoms with E-state index in [1.54, 1.807) is 4.90 Å². The first-order chi connectivity index (χ1) is 16.9. The zero-order chi connectivity index (χ0) is 26.6. The number of rotatable bonds is 7. The lowest BCUT2D eigenvalue weighted by molar-refractivity contribution is -0.133. The molecular weight excluding hydrogens is 507 g/mol. The molecule has 36 heavy (non-hydrogen) atoms. The summed E-state index contributed by atoms with van der Waals surface area (Å²) in [6.07, 6.45) is 2.21. The zero-order valence-electron chi connectivity index (χ0n) is 19.3. The molecule has 2 atom stereocenters. The number of carboxylic acid groups (broad SMARTS) is 1. The highest BCUT2D eigenvalue weighted by Gasteiger charge is 2.39. The average Bonchev–Trinajstić information content (AvgIpc) is 3.40. The lowest BCUT2D eigenvalue weighted by atomic mass is 10.0. The summed E-state index contributed by atoms with van der Waals surface area (Å²) in [5.41, 5.74) is 5.90. The number of benzene rings is 1. The highest BCUT2D eigenvalue weighted by molar-refractivity contribution is 7.88. The number of nitrogens with two attached hydrogens (primary N) is 1. The number of sulfonamides is 1. The molecule has 3 heterocycles. The Morgan fingerprint density at radius 1 is 1.28 bits per heavy atom. The van der Waals surface area contributed by atoms with Crippen molar-refractivity contribution >= 4 is 22.4 Å². The van der Waals surface area contributed by atoms with Crippen LogP contribution in [0.4, 0.5) is 13.2 Å². The molecule has 0 spiro atoms. The van der Waals surface area contributed by atoms with E-state index in [4.69, 9.17) is 20.2 Å². The van der Waals surface area contributed by atoms with E-state index in [2.05, 4.69) is 10.1 Å². The van der Waals surface area contributed by atoms with Gasteiger partial charge in [0.25, 0.3) is 6.47 Å². The van der Waals surface area contributed by atoms with Crippen molar-refractivity contribution in [3.63, 3.8) is 0 Å². The van der Waals surface area contributed by atoms with Crippen LogP contribution in [0.2, 0.25) is 0 Å². The van der Waals surface area contributed by atoms with Gasteiger partial charge in [-0.1, -0.05) is 5.16 Å². The van der Waals surface area contributed by atoms with E-state index in [0.717, 1.165) is 12.3 Å². The van der Waals surface area contributed by atoms with E-state index in [9.17, 15) is 26.4 Å². The fraction of sp³-hybridized carbons (Fsp3) is 0.524. The number of carbonyl (C=O) groups is 2. The number of amides is 1. The minimum atomic E-state index is -3.26. The van der Waals surface area contributed by atoms with Crippen LogP contribution in [0.1, 0.15) is 48.5 Å². The van der Waals surface area contributed by atoms with Crippen molar-refractivity contribution in [1.29, 1.82) is 0 Å². The van der Waals surface area contributed by atoms with E-state index >= 15 is 0 Å². The zero-order valence-corrected chi connectivity index (χ0v) is 20.1. The van der Waals surface area contributed by atoms with Gasteiger partial charge in [0.1, 0.15) is 11.9 Å². The van der Waals surface area contributed by atoms with E-state index in [1.807, 2.05) is 0 Å². The molecule has 1 aromatic heterocycles. The second kappa shape index (κ2) is 11.3. The number of hydrogen-bond acceptors (Lipinski definition) is 8. The van der Waals surface area contributed by atoms with Crippen molar-refractivity contribution in [2.45, 2.75) is 43.7 Å². The van der Waals surface area contributed by atoms with Gasteiger partial charge in [-0.05, 0) is 30.9 Å². The number of carbonyl (C=O) groups excluding carboxylic acids is 1. The Balaban J connectivity index is 0.00000115. The summed E-state index contributed by atoms with van der Waals surface area (Å²) in [6, 6.07) is -0.0237. The molecule has 2 aromatic rings. The summed E-state index contributed by atoms with van der Waals surface area (Å²) in [6.45, 7) is 0.764. The van der Waals surface area contributed by atoms with Crippen LogP contribution in [0.3, 0.4) is 0 Å². The minimum Gasteiger partial charge on any atom is -0.483 e. The normalized spacial score (nSPS) is 19.4. The second-order valence-corrected chi connectivity index (χ2v) is 10.6. The van der Waals surface area contributed by atoms with Crippen molar-refractivity contribution in [3.05, 3.63) is 46.9 Å². The Labute approximate surface area is 205 Å². The Kier molecular flexibility index (Phi) is 8.68. The topological polar surface area (TPSA) is 160 Å². The minimum absolute atomic E-state index is 0.0997. The van der Waals surface area contributed by atoms with Crippen molar-refractivity contribution in [2.24, 2.45) is 5.73 Å². The smallest absolute Gasteiger partial charge is 0.290 e. The monoisotopic (exact) mass is 533 g/mol. The van der Waals surface area contributed by atoms with Crippen LogP contribution in [0.5, 0.6) is 0 Å². The summed E-state index contributed by atoms with van der Waals surface area (Å²) in [5, 5.41) is 10.8. The number of nitrogens with zero attached hydrogens (tertiary/aromatic N) is 4. The van der Waals surface area contributed by atoms with Crippen LogP contribution < -0.4 is 5.73 Å². The lowest BCUT2D eigenvalue weighted by Gasteiger charge is -2.35. The molecule has 15 heteroatoms. The van der Waals surface area contributed by atoms with Crippen LogP contribution in [-0.4, -0.2) is 77.2 Å². The standard InChI is InChI=1S/C20H24F3N5O4S.CH2O2/c1-33(30,31)27-9-12(10-27)19-25-20(32-26-19)17-3-2-4-28(17)18(29)7-13(24)5-11-6-15(22)16(23)8-14(11)21;2-1-3/h6,8,12-13,17H,2-5,7,9-10,24H2,1H3;1H,(H,2,3). The van der Waals surface area contributed by atoms with Gasteiger partial charge in [0.15, 0.2) is 17.5 Å². The number of likely N-dealkylation sites (tertiary alicyclic amines) is 1. The Bertz CT molecular complexity index is 1200. The molecule has 1 aromatic carbocycles. The molecule has 2 aliphatic rings. The molecule has 1 amide bonds. The lowest BCUT2D eigenvalue weighted by Crippen LogP contribution is -2.48. The van der Waals surface area contributed by atoms with Gasteiger partial charge in [0, 0.05) is 38.2 Å². The van der Waals surface area contributed by atoms with Gasteiger partial charge in [-0.15, -0.1) is 0 Å². The maximum atomic E-state index is 13.9. The summed E-state index contributed by atoms with van der Waals surface area (Å²) < 4.78 is 70.1. The molecule has 198 valence electrons. The predicted octanol–water partition coefficient (Wildman–Crippen LogP) is 1.17. The number of hydrogen-bond donors (Lipinski definition) is 2. The van der Waals surface area contributed by atoms with Crippen LogP contribution in [0, 0.1) is 17.5 Å². The largest absolute Gasteiger partial charge is 0.483 e. The fourth-order valence-corrected chi connectivity index (χ4v) is 5.06. The molecule has 0 bridgehead atoms. The van der Waals surface area contributed by atoms with Crippen LogP contribution in [-0.2, 0) is 26.0 Å². The van der Waals surface area contributed by atoms with E-state index < -0.39 is 39.6 Å². The maximum Gasteiger partial charge on any atom is 0.290 e. The highest BCUT2D eigenvalue weighted by atomic mass is 32.2. The van der Waals surface area contributed by atoms with E-state index in [0.29, 0.717) is 31.3 Å². The first-order valence-corrected chi connectivity index (χ1v) is 12.8. The maximum absolute atomic E-state index is 13.9. The fourth-order valence-electron chi connectivity index (χ4n) is 4.16. The van der Waals surface area contributed by atoms with Crippen molar-refractivity contribution in [3.8, 4) is 0 Å². The molecule has 4 rings (SSSR count). The Hall–Kier alpha value is -3.04. The van der Waals surface area contributed by atoms with Gasteiger partial charge >= 0.3 is 0 Å². The summed E-state index contributed by atoms with van der Waals surface area (Å²) in [5.74, 6) is -3.17. The predicted molar refractivity (Wildman–Crippen MR) is 118 cm³/mol. The third-order valence-electron chi connectivity index (χ3n) is 6.01. The average molecular weight is 534 g/mol. The third-order valence-corrected chi connectivity index (χ3v) is 7.24. The Morgan fingerprint density at radius 2 is 1.92 bits per heavy atom. The van der Waals surface area contributed by atoms with Gasteiger partial charge < -0.3 is 20.3 Å². The summed E-state index contributed by atoms with van der Waals surface area (Å²) >= 11 is 0.